The smallest absolute Gasteiger partial charge is 0.326 e. The number of carboxylic acids is 1. The van der Waals surface area contributed by atoms with Gasteiger partial charge in [-0.1, -0.05) is 18.2 Å². The quantitative estimate of drug-likeness (QED) is 0.725. The van der Waals surface area contributed by atoms with Crippen LogP contribution in [-0.2, 0) is 9.59 Å². The molecule has 2 N–H and O–H groups in total. The van der Waals surface area contributed by atoms with Gasteiger partial charge in [0.2, 0.25) is 0 Å². The molecule has 0 heterocycles. The van der Waals surface area contributed by atoms with Crippen LogP contribution < -0.4 is 10.1 Å². The number of para-hydroxylation sites is 1. The van der Waals surface area contributed by atoms with Gasteiger partial charge in [0, 0.05) is 0 Å². The first-order valence-corrected chi connectivity index (χ1v) is 5.83. The summed E-state index contributed by atoms with van der Waals surface area (Å²) in [5.74, 6) is -1.44. The number of amides is 1. The molecule has 1 unspecified atom stereocenters. The first-order valence-electron chi connectivity index (χ1n) is 5.83. The van der Waals surface area contributed by atoms with Crippen molar-refractivity contribution in [1.29, 1.82) is 5.26 Å². The maximum absolute atomic E-state index is 11.6. The number of carbonyl (C=O) groups excluding carboxylic acids is 1. The number of carbonyl (C=O) groups is 2. The van der Waals surface area contributed by atoms with Gasteiger partial charge in [0.05, 0.1) is 5.56 Å². The van der Waals surface area contributed by atoms with E-state index in [9.17, 15) is 9.59 Å². The summed E-state index contributed by atoms with van der Waals surface area (Å²) >= 11 is 0. The molecule has 104 valence electrons. The molecule has 0 aliphatic rings. The fourth-order valence-corrected chi connectivity index (χ4v) is 1.45. The molecule has 6 nitrogen and oxygen atoms in total. The third-order valence-corrected chi connectivity index (χ3v) is 2.40. The molecule has 0 fully saturated rings. The maximum Gasteiger partial charge on any atom is 0.326 e. The second-order valence-corrected chi connectivity index (χ2v) is 3.88. The summed E-state index contributed by atoms with van der Waals surface area (Å²) in [6.07, 6.45) is 1.53. The first kappa shape index (κ1) is 15.2. The lowest BCUT2D eigenvalue weighted by atomic mass is 10.2. The number of ether oxygens (including phenoxy) is 1. The Balaban J connectivity index is 2.57. The van der Waals surface area contributed by atoms with Gasteiger partial charge in [-0.2, -0.15) is 5.26 Å². The molecule has 1 amide bonds. The van der Waals surface area contributed by atoms with E-state index in [0.29, 0.717) is 5.56 Å². The van der Waals surface area contributed by atoms with Gasteiger partial charge >= 0.3 is 5.97 Å². The van der Waals surface area contributed by atoms with E-state index in [1.54, 1.807) is 24.3 Å². The molecule has 0 saturated carbocycles. The van der Waals surface area contributed by atoms with Crippen molar-refractivity contribution in [3.8, 4) is 11.8 Å². The van der Waals surface area contributed by atoms with E-state index in [4.69, 9.17) is 15.1 Å². The molecule has 0 saturated heterocycles. The third-order valence-electron chi connectivity index (χ3n) is 2.40. The number of benzene rings is 1. The van der Waals surface area contributed by atoms with Crippen LogP contribution in [0.4, 0.5) is 0 Å². The summed E-state index contributed by atoms with van der Waals surface area (Å²) in [5.41, 5.74) is 0.307. The lowest BCUT2D eigenvalue weighted by Gasteiger charge is -2.13. The molecule has 1 atom stereocenters. The highest BCUT2D eigenvalue weighted by molar-refractivity contribution is 5.84. The van der Waals surface area contributed by atoms with Crippen LogP contribution in [0.2, 0.25) is 0 Å². The number of aliphatic carboxylic acids is 1. The summed E-state index contributed by atoms with van der Waals surface area (Å²) in [5, 5.41) is 20.0. The van der Waals surface area contributed by atoms with Crippen molar-refractivity contribution in [2.24, 2.45) is 0 Å². The number of carboxylic acid groups (broad SMARTS) is 1. The number of nitrogens with zero attached hydrogens (tertiary/aromatic N) is 1. The van der Waals surface area contributed by atoms with Crippen LogP contribution in [0.3, 0.4) is 0 Å². The molecule has 0 aliphatic heterocycles. The van der Waals surface area contributed by atoms with Crippen LogP contribution in [0.5, 0.6) is 5.75 Å². The van der Waals surface area contributed by atoms with E-state index < -0.39 is 17.9 Å². The van der Waals surface area contributed by atoms with Crippen molar-refractivity contribution < 1.29 is 19.4 Å². The van der Waals surface area contributed by atoms with E-state index in [-0.39, 0.29) is 18.8 Å². The Morgan fingerprint density at radius 1 is 1.50 bits per heavy atom. The van der Waals surface area contributed by atoms with Crippen LogP contribution in [-0.4, -0.2) is 29.6 Å². The molecule has 0 aliphatic carbocycles. The van der Waals surface area contributed by atoms with Gasteiger partial charge in [0.1, 0.15) is 17.9 Å². The van der Waals surface area contributed by atoms with E-state index in [2.05, 4.69) is 11.9 Å². The topological polar surface area (TPSA) is 99.4 Å². The fourth-order valence-electron chi connectivity index (χ4n) is 1.45. The van der Waals surface area contributed by atoms with E-state index in [0.717, 1.165) is 0 Å². The van der Waals surface area contributed by atoms with Crippen molar-refractivity contribution >= 4 is 11.9 Å². The van der Waals surface area contributed by atoms with Gasteiger partial charge in [0.25, 0.3) is 5.91 Å². The van der Waals surface area contributed by atoms with Gasteiger partial charge in [0.15, 0.2) is 6.61 Å². The van der Waals surface area contributed by atoms with Gasteiger partial charge < -0.3 is 15.2 Å². The third kappa shape index (κ3) is 4.46. The zero-order chi connectivity index (χ0) is 15.0. The second-order valence-electron chi connectivity index (χ2n) is 3.88. The van der Waals surface area contributed by atoms with Crippen molar-refractivity contribution in [2.75, 3.05) is 6.61 Å². The monoisotopic (exact) mass is 274 g/mol. The molecule has 1 rings (SSSR count). The predicted octanol–water partition coefficient (Wildman–Crippen LogP) is 1.08. The highest BCUT2D eigenvalue weighted by Gasteiger charge is 2.18. The highest BCUT2D eigenvalue weighted by Crippen LogP contribution is 2.16. The average Bonchev–Trinajstić information content (AvgIpc) is 2.44. The summed E-state index contributed by atoms with van der Waals surface area (Å²) in [6, 6.07) is 7.37. The predicted molar refractivity (Wildman–Crippen MR) is 71.0 cm³/mol. The molecule has 1 aromatic rings. The summed E-state index contributed by atoms with van der Waals surface area (Å²) < 4.78 is 5.20. The Morgan fingerprint density at radius 2 is 2.20 bits per heavy atom. The van der Waals surface area contributed by atoms with Crippen molar-refractivity contribution in [3.05, 3.63) is 42.5 Å². The molecular formula is C14H14N2O4. The second kappa shape index (κ2) is 7.59. The molecular weight excluding hydrogens is 260 g/mol. The zero-order valence-corrected chi connectivity index (χ0v) is 10.7. The van der Waals surface area contributed by atoms with E-state index in [1.807, 2.05) is 6.07 Å². The van der Waals surface area contributed by atoms with Crippen molar-refractivity contribution in [2.45, 2.75) is 12.5 Å². The van der Waals surface area contributed by atoms with Gasteiger partial charge in [-0.3, -0.25) is 4.79 Å². The van der Waals surface area contributed by atoms with E-state index >= 15 is 0 Å². The summed E-state index contributed by atoms with van der Waals surface area (Å²) in [4.78, 5) is 22.4. The average molecular weight is 274 g/mol. The largest absolute Gasteiger partial charge is 0.482 e. The first-order chi connectivity index (χ1) is 9.58. The molecule has 6 heteroatoms. The maximum atomic E-state index is 11.6. The molecule has 20 heavy (non-hydrogen) atoms. The zero-order valence-electron chi connectivity index (χ0n) is 10.7. The van der Waals surface area contributed by atoms with Crippen LogP contribution in [0.15, 0.2) is 36.9 Å². The molecule has 0 spiro atoms. The van der Waals surface area contributed by atoms with Crippen molar-refractivity contribution in [1.82, 2.24) is 5.32 Å². The fraction of sp³-hybridized carbons (Fsp3) is 0.214. The Hall–Kier alpha value is -2.81. The van der Waals surface area contributed by atoms with Gasteiger partial charge in [-0.05, 0) is 18.6 Å². The SMILES string of the molecule is C=CCC(NC(=O)COc1ccccc1C#N)C(=O)O. The Bertz CT molecular complexity index is 548. The number of hydrogen-bond acceptors (Lipinski definition) is 4. The molecule has 0 bridgehead atoms. The number of nitrogens with one attached hydrogen (secondary N) is 1. The normalized spacial score (nSPS) is 10.9. The standard InChI is InChI=1S/C14H14N2O4/c1-2-5-11(14(18)19)16-13(17)9-20-12-7-4-3-6-10(12)8-15/h2-4,6-7,11H,1,5,9H2,(H,16,17)(H,18,19). The van der Waals surface area contributed by atoms with Crippen LogP contribution in [0.1, 0.15) is 12.0 Å². The number of rotatable bonds is 7. The lowest BCUT2D eigenvalue weighted by molar-refractivity contribution is -0.142. The number of nitriles is 1. The molecule has 0 radical (unpaired) electrons. The van der Waals surface area contributed by atoms with Crippen LogP contribution >= 0.6 is 0 Å². The summed E-state index contributed by atoms with van der Waals surface area (Å²) in [7, 11) is 0. The Labute approximate surface area is 116 Å². The summed E-state index contributed by atoms with van der Waals surface area (Å²) in [6.45, 7) is 3.06. The van der Waals surface area contributed by atoms with Crippen molar-refractivity contribution in [3.63, 3.8) is 0 Å². The van der Waals surface area contributed by atoms with E-state index in [1.165, 1.54) is 6.08 Å². The highest BCUT2D eigenvalue weighted by atomic mass is 16.5. The molecule has 1 aromatic carbocycles. The minimum absolute atomic E-state index is 0.121. The Morgan fingerprint density at radius 3 is 2.80 bits per heavy atom. The van der Waals surface area contributed by atoms with Gasteiger partial charge in [-0.25, -0.2) is 4.79 Å². The van der Waals surface area contributed by atoms with Crippen LogP contribution in [0.25, 0.3) is 0 Å². The Kier molecular flexibility index (Phi) is 5.78. The molecule has 0 aromatic heterocycles. The lowest BCUT2D eigenvalue weighted by Crippen LogP contribution is -2.42. The minimum Gasteiger partial charge on any atom is -0.482 e. The van der Waals surface area contributed by atoms with Crippen LogP contribution in [0, 0.1) is 11.3 Å². The number of hydrogen-bond donors (Lipinski definition) is 2. The minimum atomic E-state index is -1.14. The van der Waals surface area contributed by atoms with Gasteiger partial charge in [-0.15, -0.1) is 6.58 Å².